The summed E-state index contributed by atoms with van der Waals surface area (Å²) in [6.45, 7) is 4.66. The van der Waals surface area contributed by atoms with Crippen LogP contribution in [0.5, 0.6) is 0 Å². The van der Waals surface area contributed by atoms with Crippen LogP contribution < -0.4 is 0 Å². The highest BCUT2D eigenvalue weighted by atomic mass is 32.2. The molecule has 6 heteroatoms. The van der Waals surface area contributed by atoms with E-state index in [2.05, 4.69) is 0 Å². The van der Waals surface area contributed by atoms with Crippen LogP contribution in [0.1, 0.15) is 31.4 Å². The van der Waals surface area contributed by atoms with Crippen molar-refractivity contribution in [3.63, 3.8) is 0 Å². The maximum Gasteiger partial charge on any atom is 0.243 e. The highest BCUT2D eigenvalue weighted by Crippen LogP contribution is 2.27. The summed E-state index contributed by atoms with van der Waals surface area (Å²) in [4.78, 5) is 14.2. The molecule has 0 atom stereocenters. The van der Waals surface area contributed by atoms with Crippen molar-refractivity contribution in [2.75, 3.05) is 19.6 Å². The molecule has 0 saturated carbocycles. The summed E-state index contributed by atoms with van der Waals surface area (Å²) in [6.07, 6.45) is 3.06. The molecular weight excluding hydrogens is 300 g/mol. The van der Waals surface area contributed by atoms with Crippen molar-refractivity contribution in [1.82, 2.24) is 9.21 Å². The van der Waals surface area contributed by atoms with E-state index in [0.717, 1.165) is 24.8 Å². The van der Waals surface area contributed by atoms with Crippen LogP contribution >= 0.6 is 0 Å². The van der Waals surface area contributed by atoms with Crippen molar-refractivity contribution in [2.24, 2.45) is 0 Å². The Morgan fingerprint density at radius 3 is 2.50 bits per heavy atom. The summed E-state index contributed by atoms with van der Waals surface area (Å²) in [5.74, 6) is -0.119. The number of rotatable bonds is 3. The number of amides is 1. The topological polar surface area (TPSA) is 57.7 Å². The number of nitrogens with zero attached hydrogens (tertiary/aromatic N) is 2. The van der Waals surface area contributed by atoms with Crippen LogP contribution in [-0.2, 0) is 27.7 Å². The Labute approximate surface area is 132 Å². The zero-order chi connectivity index (χ0) is 15.9. The largest absolute Gasteiger partial charge is 0.338 e. The summed E-state index contributed by atoms with van der Waals surface area (Å²) in [7, 11) is -3.58. The van der Waals surface area contributed by atoms with Crippen LogP contribution in [0.4, 0.5) is 0 Å². The first kappa shape index (κ1) is 15.5. The van der Waals surface area contributed by atoms with Gasteiger partial charge >= 0.3 is 0 Å². The fourth-order valence-electron chi connectivity index (χ4n) is 3.27. The summed E-state index contributed by atoms with van der Waals surface area (Å²) < 4.78 is 26.8. The Hall–Kier alpha value is -1.40. The SMILES string of the molecule is CC(C)N1CCN(S(=O)(=O)c2ccc3c(c2)CCC3)CC1=O. The number of fused-ring (bicyclic) bond motifs is 1. The predicted octanol–water partition coefficient (Wildman–Crippen LogP) is 1.42. The van der Waals surface area contributed by atoms with Gasteiger partial charge < -0.3 is 4.90 Å². The molecule has 0 radical (unpaired) electrons. The molecule has 1 heterocycles. The first-order valence-corrected chi connectivity index (χ1v) is 9.25. The molecule has 0 unspecified atom stereocenters. The summed E-state index contributed by atoms with van der Waals surface area (Å²) in [6, 6.07) is 5.49. The number of sulfonamides is 1. The van der Waals surface area contributed by atoms with Gasteiger partial charge in [-0.25, -0.2) is 8.42 Å². The molecule has 1 fully saturated rings. The van der Waals surface area contributed by atoms with Gasteiger partial charge in [0, 0.05) is 19.1 Å². The number of carbonyl (C=O) groups excluding carboxylic acids is 1. The number of hydrogen-bond donors (Lipinski definition) is 0. The van der Waals surface area contributed by atoms with Crippen molar-refractivity contribution < 1.29 is 13.2 Å². The van der Waals surface area contributed by atoms with E-state index < -0.39 is 10.0 Å². The Morgan fingerprint density at radius 1 is 1.09 bits per heavy atom. The highest BCUT2D eigenvalue weighted by Gasteiger charge is 2.34. The quantitative estimate of drug-likeness (QED) is 0.845. The van der Waals surface area contributed by atoms with Gasteiger partial charge in [0.05, 0.1) is 11.4 Å². The van der Waals surface area contributed by atoms with Crippen molar-refractivity contribution >= 4 is 15.9 Å². The fraction of sp³-hybridized carbons (Fsp3) is 0.562. The third-order valence-corrected chi connectivity index (χ3v) is 6.39. The lowest BCUT2D eigenvalue weighted by atomic mass is 10.1. The van der Waals surface area contributed by atoms with Crippen LogP contribution in [0.25, 0.3) is 0 Å². The van der Waals surface area contributed by atoms with Crippen LogP contribution in [0.2, 0.25) is 0 Å². The zero-order valence-corrected chi connectivity index (χ0v) is 13.9. The molecule has 1 aromatic rings. The van der Waals surface area contributed by atoms with E-state index in [-0.39, 0.29) is 18.5 Å². The molecule has 1 aliphatic heterocycles. The standard InChI is InChI=1S/C16H22N2O3S/c1-12(2)18-9-8-17(11-16(18)19)22(20,21)15-7-6-13-4-3-5-14(13)10-15/h6-7,10,12H,3-5,8-9,11H2,1-2H3. The van der Waals surface area contributed by atoms with Crippen LogP contribution in [0.3, 0.4) is 0 Å². The van der Waals surface area contributed by atoms with E-state index in [0.29, 0.717) is 18.0 Å². The van der Waals surface area contributed by atoms with Crippen LogP contribution in [-0.4, -0.2) is 49.2 Å². The first-order chi connectivity index (χ1) is 10.4. The van der Waals surface area contributed by atoms with Gasteiger partial charge in [0.15, 0.2) is 0 Å². The molecule has 22 heavy (non-hydrogen) atoms. The lowest BCUT2D eigenvalue weighted by Crippen LogP contribution is -2.54. The number of carbonyl (C=O) groups is 1. The van der Waals surface area contributed by atoms with E-state index >= 15 is 0 Å². The average Bonchev–Trinajstić information content (AvgIpc) is 2.94. The van der Waals surface area contributed by atoms with E-state index in [1.807, 2.05) is 19.9 Å². The predicted molar refractivity (Wildman–Crippen MR) is 84.1 cm³/mol. The Morgan fingerprint density at radius 2 is 1.82 bits per heavy atom. The van der Waals surface area contributed by atoms with Gasteiger partial charge in [0.25, 0.3) is 0 Å². The minimum atomic E-state index is -3.58. The summed E-state index contributed by atoms with van der Waals surface area (Å²) in [5, 5.41) is 0. The molecule has 0 spiro atoms. The third kappa shape index (κ3) is 2.65. The second-order valence-corrected chi connectivity index (χ2v) is 8.24. The summed E-state index contributed by atoms with van der Waals surface area (Å²) in [5.41, 5.74) is 2.38. The van der Waals surface area contributed by atoms with E-state index in [1.54, 1.807) is 17.0 Å². The lowest BCUT2D eigenvalue weighted by molar-refractivity contribution is -0.135. The lowest BCUT2D eigenvalue weighted by Gasteiger charge is -2.36. The van der Waals surface area contributed by atoms with Gasteiger partial charge in [-0.3, -0.25) is 4.79 Å². The monoisotopic (exact) mass is 322 g/mol. The van der Waals surface area contributed by atoms with Crippen molar-refractivity contribution in [3.05, 3.63) is 29.3 Å². The molecule has 5 nitrogen and oxygen atoms in total. The average molecular weight is 322 g/mol. The van der Waals surface area contributed by atoms with Gasteiger partial charge in [0.1, 0.15) is 0 Å². The molecule has 120 valence electrons. The van der Waals surface area contributed by atoms with Crippen molar-refractivity contribution in [2.45, 2.75) is 44.0 Å². The Kier molecular flexibility index (Phi) is 3.99. The number of benzene rings is 1. The van der Waals surface area contributed by atoms with Gasteiger partial charge in [-0.2, -0.15) is 4.31 Å². The number of aryl methyl sites for hydroxylation is 2. The molecule has 0 aromatic heterocycles. The molecular formula is C16H22N2O3S. The molecule has 3 rings (SSSR count). The fourth-order valence-corrected chi connectivity index (χ4v) is 4.71. The molecule has 0 bridgehead atoms. The highest BCUT2D eigenvalue weighted by molar-refractivity contribution is 7.89. The van der Waals surface area contributed by atoms with Gasteiger partial charge in [-0.1, -0.05) is 6.07 Å². The van der Waals surface area contributed by atoms with Crippen molar-refractivity contribution in [3.8, 4) is 0 Å². The van der Waals surface area contributed by atoms with Gasteiger partial charge in [0.2, 0.25) is 15.9 Å². The van der Waals surface area contributed by atoms with Crippen LogP contribution in [0.15, 0.2) is 23.1 Å². The second kappa shape index (κ2) is 5.66. The van der Waals surface area contributed by atoms with Crippen molar-refractivity contribution in [1.29, 1.82) is 0 Å². The summed E-state index contributed by atoms with van der Waals surface area (Å²) >= 11 is 0. The van der Waals surface area contributed by atoms with E-state index in [9.17, 15) is 13.2 Å². The van der Waals surface area contributed by atoms with E-state index in [1.165, 1.54) is 9.87 Å². The zero-order valence-electron chi connectivity index (χ0n) is 13.1. The maximum atomic E-state index is 12.8. The van der Waals surface area contributed by atoms with Gasteiger partial charge in [-0.05, 0) is 56.4 Å². The molecule has 1 saturated heterocycles. The molecule has 1 aromatic carbocycles. The van der Waals surface area contributed by atoms with Gasteiger partial charge in [-0.15, -0.1) is 0 Å². The van der Waals surface area contributed by atoms with Crippen LogP contribution in [0, 0.1) is 0 Å². The molecule has 0 N–H and O–H groups in total. The minimum absolute atomic E-state index is 0.0579. The smallest absolute Gasteiger partial charge is 0.243 e. The normalized spacial score (nSPS) is 19.8. The molecule has 2 aliphatic rings. The maximum absolute atomic E-state index is 12.8. The second-order valence-electron chi connectivity index (χ2n) is 6.30. The third-order valence-electron chi connectivity index (χ3n) is 4.55. The number of hydrogen-bond acceptors (Lipinski definition) is 3. The number of piperazine rings is 1. The molecule has 1 aliphatic carbocycles. The Balaban J connectivity index is 1.83. The first-order valence-electron chi connectivity index (χ1n) is 7.81. The van der Waals surface area contributed by atoms with E-state index in [4.69, 9.17) is 0 Å². The Bertz CT molecular complexity index is 697. The minimum Gasteiger partial charge on any atom is -0.338 e. The molecule has 1 amide bonds.